The molecule has 0 aromatic heterocycles. The Morgan fingerprint density at radius 1 is 1.53 bits per heavy atom. The predicted octanol–water partition coefficient (Wildman–Crippen LogP) is 2.75. The Morgan fingerprint density at radius 2 is 2.27 bits per heavy atom. The molecule has 0 amide bonds. The highest BCUT2D eigenvalue weighted by Gasteiger charge is 2.19. The summed E-state index contributed by atoms with van der Waals surface area (Å²) < 4.78 is 5.43. The first kappa shape index (κ1) is 12.7. The number of nitrogens with one attached hydrogen (secondary N) is 1. The first-order chi connectivity index (χ1) is 7.18. The zero-order valence-corrected chi connectivity index (χ0v) is 10.2. The smallest absolute Gasteiger partial charge is 0.0672 e. The van der Waals surface area contributed by atoms with Crippen LogP contribution in [0, 0.1) is 5.92 Å². The van der Waals surface area contributed by atoms with E-state index < -0.39 is 0 Å². The fourth-order valence-corrected chi connectivity index (χ4v) is 1.94. The normalized spacial score (nSPS) is 18.5. The first-order valence-electron chi connectivity index (χ1n) is 6.14. The summed E-state index contributed by atoms with van der Waals surface area (Å²) >= 11 is 0. The first-order valence-corrected chi connectivity index (χ1v) is 6.14. The van der Waals surface area contributed by atoms with Crippen molar-refractivity contribution in [3.05, 3.63) is 12.2 Å². The molecule has 1 rings (SSSR count). The highest BCUT2D eigenvalue weighted by atomic mass is 16.5. The van der Waals surface area contributed by atoms with Gasteiger partial charge in [0.1, 0.15) is 0 Å². The van der Waals surface area contributed by atoms with Gasteiger partial charge in [0, 0.05) is 12.6 Å². The minimum Gasteiger partial charge on any atom is -0.376 e. The van der Waals surface area contributed by atoms with Gasteiger partial charge in [-0.3, -0.25) is 0 Å². The van der Waals surface area contributed by atoms with Gasteiger partial charge >= 0.3 is 0 Å². The Kier molecular flexibility index (Phi) is 5.96. The lowest BCUT2D eigenvalue weighted by molar-refractivity contribution is 0.153. The van der Waals surface area contributed by atoms with Gasteiger partial charge in [-0.15, -0.1) is 0 Å². The molecule has 1 aliphatic carbocycles. The third kappa shape index (κ3) is 5.95. The number of rotatable bonds is 8. The highest BCUT2D eigenvalue weighted by molar-refractivity contribution is 4.87. The van der Waals surface area contributed by atoms with E-state index in [1.807, 2.05) is 6.92 Å². The minimum atomic E-state index is 0.642. The highest BCUT2D eigenvalue weighted by Crippen LogP contribution is 2.30. The number of hydrogen-bond acceptors (Lipinski definition) is 2. The summed E-state index contributed by atoms with van der Waals surface area (Å²) in [6.07, 6.45) is 5.66. The summed E-state index contributed by atoms with van der Waals surface area (Å²) in [6, 6.07) is 0.642. The SMILES string of the molecule is C=C(C)COCCNC(C)CC1CCC1. The molecular weight excluding hydrogens is 186 g/mol. The number of ether oxygens (including phenoxy) is 1. The predicted molar refractivity (Wildman–Crippen MR) is 65.1 cm³/mol. The summed E-state index contributed by atoms with van der Waals surface area (Å²) in [4.78, 5) is 0. The van der Waals surface area contributed by atoms with Gasteiger partial charge in [0.15, 0.2) is 0 Å². The average Bonchev–Trinajstić information content (AvgIpc) is 2.10. The van der Waals surface area contributed by atoms with Crippen molar-refractivity contribution in [3.63, 3.8) is 0 Å². The molecule has 2 nitrogen and oxygen atoms in total. The number of hydrogen-bond donors (Lipinski definition) is 1. The van der Waals surface area contributed by atoms with Crippen LogP contribution in [0.5, 0.6) is 0 Å². The molecule has 2 heteroatoms. The molecule has 0 heterocycles. The molecule has 1 unspecified atom stereocenters. The summed E-state index contributed by atoms with van der Waals surface area (Å²) in [6.45, 7) is 10.5. The second kappa shape index (κ2) is 7.02. The van der Waals surface area contributed by atoms with Crippen molar-refractivity contribution in [2.45, 2.75) is 45.6 Å². The molecule has 0 aliphatic heterocycles. The fraction of sp³-hybridized carbons (Fsp3) is 0.846. The quantitative estimate of drug-likeness (QED) is 0.492. The molecule has 1 fully saturated rings. The van der Waals surface area contributed by atoms with Gasteiger partial charge in [-0.2, -0.15) is 0 Å². The van der Waals surface area contributed by atoms with Crippen LogP contribution >= 0.6 is 0 Å². The fourth-order valence-electron chi connectivity index (χ4n) is 1.94. The molecular formula is C13H25NO. The Balaban J connectivity index is 1.87. The molecule has 0 aromatic carbocycles. The van der Waals surface area contributed by atoms with Crippen molar-refractivity contribution < 1.29 is 4.74 Å². The summed E-state index contributed by atoms with van der Waals surface area (Å²) in [7, 11) is 0. The van der Waals surface area contributed by atoms with Gasteiger partial charge in [-0.25, -0.2) is 0 Å². The summed E-state index contributed by atoms with van der Waals surface area (Å²) in [5.41, 5.74) is 1.09. The standard InChI is InChI=1S/C13H25NO/c1-11(2)10-15-8-7-14-12(3)9-13-5-4-6-13/h12-14H,1,4-10H2,2-3H3. The zero-order chi connectivity index (χ0) is 11.1. The maximum Gasteiger partial charge on any atom is 0.0672 e. The van der Waals surface area contributed by atoms with Gasteiger partial charge in [0.05, 0.1) is 13.2 Å². The van der Waals surface area contributed by atoms with E-state index in [0.29, 0.717) is 12.6 Å². The van der Waals surface area contributed by atoms with E-state index in [-0.39, 0.29) is 0 Å². The molecule has 1 N–H and O–H groups in total. The van der Waals surface area contributed by atoms with Gasteiger partial charge in [-0.05, 0) is 26.2 Å². The lowest BCUT2D eigenvalue weighted by atomic mass is 9.81. The van der Waals surface area contributed by atoms with E-state index in [0.717, 1.165) is 24.6 Å². The minimum absolute atomic E-state index is 0.642. The lowest BCUT2D eigenvalue weighted by Crippen LogP contribution is -2.32. The van der Waals surface area contributed by atoms with E-state index in [1.165, 1.54) is 25.7 Å². The molecule has 0 radical (unpaired) electrons. The van der Waals surface area contributed by atoms with Crippen LogP contribution in [-0.4, -0.2) is 25.8 Å². The Bertz CT molecular complexity index is 187. The Labute approximate surface area is 94.1 Å². The Morgan fingerprint density at radius 3 is 2.80 bits per heavy atom. The third-order valence-electron chi connectivity index (χ3n) is 3.00. The topological polar surface area (TPSA) is 21.3 Å². The molecule has 0 aromatic rings. The van der Waals surface area contributed by atoms with Crippen molar-refractivity contribution in [3.8, 4) is 0 Å². The maximum atomic E-state index is 5.43. The molecule has 0 saturated heterocycles. The van der Waals surface area contributed by atoms with E-state index in [4.69, 9.17) is 4.74 Å². The maximum absolute atomic E-state index is 5.43. The van der Waals surface area contributed by atoms with Gasteiger partial charge < -0.3 is 10.1 Å². The summed E-state index contributed by atoms with van der Waals surface area (Å²) in [5.74, 6) is 0.990. The van der Waals surface area contributed by atoms with Crippen molar-refractivity contribution in [1.82, 2.24) is 5.32 Å². The van der Waals surface area contributed by atoms with Crippen LogP contribution in [0.4, 0.5) is 0 Å². The van der Waals surface area contributed by atoms with Crippen LogP contribution in [0.2, 0.25) is 0 Å². The van der Waals surface area contributed by atoms with E-state index in [9.17, 15) is 0 Å². The van der Waals surface area contributed by atoms with Crippen molar-refractivity contribution in [1.29, 1.82) is 0 Å². The van der Waals surface area contributed by atoms with Crippen LogP contribution in [0.15, 0.2) is 12.2 Å². The second-order valence-corrected chi connectivity index (χ2v) is 4.90. The van der Waals surface area contributed by atoms with E-state index in [1.54, 1.807) is 0 Å². The molecule has 88 valence electrons. The average molecular weight is 211 g/mol. The van der Waals surface area contributed by atoms with Crippen LogP contribution in [-0.2, 0) is 4.74 Å². The monoisotopic (exact) mass is 211 g/mol. The van der Waals surface area contributed by atoms with E-state index in [2.05, 4.69) is 18.8 Å². The second-order valence-electron chi connectivity index (χ2n) is 4.90. The molecule has 1 aliphatic rings. The van der Waals surface area contributed by atoms with Crippen LogP contribution in [0.25, 0.3) is 0 Å². The van der Waals surface area contributed by atoms with Crippen LogP contribution in [0.1, 0.15) is 39.5 Å². The van der Waals surface area contributed by atoms with Crippen molar-refractivity contribution >= 4 is 0 Å². The van der Waals surface area contributed by atoms with Crippen LogP contribution < -0.4 is 5.32 Å². The van der Waals surface area contributed by atoms with E-state index >= 15 is 0 Å². The zero-order valence-electron chi connectivity index (χ0n) is 10.2. The molecule has 0 bridgehead atoms. The van der Waals surface area contributed by atoms with Gasteiger partial charge in [0.2, 0.25) is 0 Å². The molecule has 15 heavy (non-hydrogen) atoms. The largest absolute Gasteiger partial charge is 0.376 e. The third-order valence-corrected chi connectivity index (χ3v) is 3.00. The molecule has 0 spiro atoms. The van der Waals surface area contributed by atoms with Crippen molar-refractivity contribution in [2.75, 3.05) is 19.8 Å². The summed E-state index contributed by atoms with van der Waals surface area (Å²) in [5, 5.41) is 3.50. The van der Waals surface area contributed by atoms with Crippen molar-refractivity contribution in [2.24, 2.45) is 5.92 Å². The lowest BCUT2D eigenvalue weighted by Gasteiger charge is -2.28. The molecule has 1 atom stereocenters. The Hall–Kier alpha value is -0.340. The molecule has 1 saturated carbocycles. The van der Waals surface area contributed by atoms with Gasteiger partial charge in [0.25, 0.3) is 0 Å². The van der Waals surface area contributed by atoms with Gasteiger partial charge in [-0.1, -0.05) is 31.4 Å². The van der Waals surface area contributed by atoms with Crippen LogP contribution in [0.3, 0.4) is 0 Å².